The van der Waals surface area contributed by atoms with Gasteiger partial charge < -0.3 is 0 Å². The van der Waals surface area contributed by atoms with Crippen molar-refractivity contribution in [1.82, 2.24) is 4.90 Å². The predicted molar refractivity (Wildman–Crippen MR) is 113 cm³/mol. The van der Waals surface area contributed by atoms with Crippen molar-refractivity contribution in [3.8, 4) is 0 Å². The van der Waals surface area contributed by atoms with Crippen molar-refractivity contribution in [2.75, 3.05) is 13.1 Å². The molecule has 0 radical (unpaired) electrons. The first-order chi connectivity index (χ1) is 11.7. The average molecular weight is 423 g/mol. The van der Waals surface area contributed by atoms with Crippen molar-refractivity contribution in [1.29, 1.82) is 0 Å². The molecule has 0 aliphatic rings. The molecule has 2 aromatic rings. The molecule has 128 valence electrons. The fourth-order valence-corrected chi connectivity index (χ4v) is 6.95. The minimum atomic E-state index is 0.461. The molecule has 0 amide bonds. The molecule has 0 spiro atoms. The van der Waals surface area contributed by atoms with Crippen LogP contribution in [0.15, 0.2) is 60.7 Å². The Hall–Kier alpha value is -0.801. The molecule has 24 heavy (non-hydrogen) atoms. The van der Waals surface area contributed by atoms with Gasteiger partial charge in [-0.2, -0.15) is 0 Å². The number of hydrogen-bond donors (Lipinski definition) is 0. The summed E-state index contributed by atoms with van der Waals surface area (Å²) in [6.45, 7) is 6.32. The summed E-state index contributed by atoms with van der Waals surface area (Å²) < 4.78 is 1.03. The third-order valence-electron chi connectivity index (χ3n) is 3.82. The molecule has 1 unspecified atom stereocenters. The fraction of sp³-hybridized carbons (Fsp3) is 0.350. The van der Waals surface area contributed by atoms with Crippen LogP contribution >= 0.6 is 24.0 Å². The Bertz CT molecular complexity index is 600. The Morgan fingerprint density at radius 1 is 1.00 bits per heavy atom. The third-order valence-corrected chi connectivity index (χ3v) is 8.34. The average Bonchev–Trinajstić information content (AvgIpc) is 2.63. The van der Waals surface area contributed by atoms with Crippen LogP contribution in [-0.2, 0) is 5.32 Å². The van der Waals surface area contributed by atoms with E-state index in [4.69, 9.17) is 12.2 Å². The molecule has 1 atom stereocenters. The predicted octanol–water partition coefficient (Wildman–Crippen LogP) is 5.41. The minimum absolute atomic E-state index is 0.461. The van der Waals surface area contributed by atoms with Crippen LogP contribution in [0.2, 0.25) is 5.32 Å². The van der Waals surface area contributed by atoms with Gasteiger partial charge in [-0.3, -0.25) is 0 Å². The molecular formula is C20H25NS2Se. The van der Waals surface area contributed by atoms with Crippen molar-refractivity contribution in [2.45, 2.75) is 29.7 Å². The number of hydrogen-bond acceptors (Lipinski definition) is 2. The first-order valence-corrected chi connectivity index (χ1v) is 12.1. The summed E-state index contributed by atoms with van der Waals surface area (Å²) in [6, 6.07) is 21.6. The first kappa shape index (κ1) is 19.5. The summed E-state index contributed by atoms with van der Waals surface area (Å²) in [7, 11) is 0. The zero-order valence-electron chi connectivity index (χ0n) is 14.4. The van der Waals surface area contributed by atoms with Crippen molar-refractivity contribution in [3.63, 3.8) is 0 Å². The van der Waals surface area contributed by atoms with E-state index in [-0.39, 0.29) is 0 Å². The molecule has 0 aromatic heterocycles. The van der Waals surface area contributed by atoms with E-state index >= 15 is 0 Å². The van der Waals surface area contributed by atoms with Crippen LogP contribution in [0, 0.1) is 0 Å². The number of rotatable bonds is 8. The summed E-state index contributed by atoms with van der Waals surface area (Å²) in [6.07, 6.45) is 0. The Morgan fingerprint density at radius 3 is 2.17 bits per heavy atom. The third kappa shape index (κ3) is 6.25. The molecule has 0 bridgehead atoms. The van der Waals surface area contributed by atoms with Gasteiger partial charge in [-0.15, -0.1) is 0 Å². The van der Waals surface area contributed by atoms with Crippen LogP contribution in [0.3, 0.4) is 0 Å². The van der Waals surface area contributed by atoms with Crippen LogP contribution in [-0.4, -0.2) is 37.3 Å². The van der Waals surface area contributed by atoms with Crippen molar-refractivity contribution in [2.24, 2.45) is 0 Å². The van der Waals surface area contributed by atoms with E-state index < -0.39 is 0 Å². The van der Waals surface area contributed by atoms with Crippen LogP contribution in [0.4, 0.5) is 0 Å². The molecule has 0 fully saturated rings. The Morgan fingerprint density at radius 2 is 1.58 bits per heavy atom. The number of nitrogens with zero attached hydrogens (tertiary/aromatic N) is 1. The van der Waals surface area contributed by atoms with Gasteiger partial charge in [0.1, 0.15) is 0 Å². The molecule has 2 aromatic carbocycles. The molecular weight excluding hydrogens is 397 g/mol. The van der Waals surface area contributed by atoms with Gasteiger partial charge in [0.2, 0.25) is 0 Å². The second-order valence-corrected chi connectivity index (χ2v) is 9.45. The second-order valence-electron chi connectivity index (χ2n) is 5.46. The Balaban J connectivity index is 1.99. The Kier molecular flexibility index (Phi) is 8.90. The SMILES string of the molecule is CCN(CC)C(=S)SC(C[Se]Cc1ccccc1)c1ccccc1. The molecule has 0 aliphatic heterocycles. The van der Waals surface area contributed by atoms with E-state index in [0.29, 0.717) is 20.2 Å². The monoisotopic (exact) mass is 423 g/mol. The van der Waals surface area contributed by atoms with Gasteiger partial charge in [-0.1, -0.05) is 0 Å². The van der Waals surface area contributed by atoms with Gasteiger partial charge in [-0.25, -0.2) is 0 Å². The summed E-state index contributed by atoms with van der Waals surface area (Å²) >= 11 is 8.13. The van der Waals surface area contributed by atoms with Gasteiger partial charge in [0.25, 0.3) is 0 Å². The summed E-state index contributed by atoms with van der Waals surface area (Å²) in [5, 5.41) is 2.86. The van der Waals surface area contributed by atoms with E-state index in [1.54, 1.807) is 0 Å². The van der Waals surface area contributed by atoms with E-state index in [9.17, 15) is 0 Å². The van der Waals surface area contributed by atoms with E-state index in [0.717, 1.165) is 17.4 Å². The number of thiocarbonyl (C=S) groups is 1. The normalized spacial score (nSPS) is 11.9. The van der Waals surface area contributed by atoms with Gasteiger partial charge in [0.15, 0.2) is 0 Å². The van der Waals surface area contributed by atoms with Gasteiger partial charge in [0.05, 0.1) is 0 Å². The Labute approximate surface area is 162 Å². The quantitative estimate of drug-likeness (QED) is 0.414. The zero-order chi connectivity index (χ0) is 17.2. The van der Waals surface area contributed by atoms with Crippen LogP contribution in [0.25, 0.3) is 0 Å². The molecule has 0 heterocycles. The molecule has 0 saturated heterocycles. The van der Waals surface area contributed by atoms with Crippen LogP contribution < -0.4 is 0 Å². The zero-order valence-corrected chi connectivity index (χ0v) is 17.7. The van der Waals surface area contributed by atoms with Gasteiger partial charge in [-0.05, 0) is 0 Å². The number of thioether (sulfide) groups is 1. The molecule has 1 nitrogen and oxygen atoms in total. The van der Waals surface area contributed by atoms with Gasteiger partial charge >= 0.3 is 163 Å². The summed E-state index contributed by atoms with van der Waals surface area (Å²) in [5.41, 5.74) is 2.84. The van der Waals surface area contributed by atoms with Crippen molar-refractivity contribution < 1.29 is 0 Å². The topological polar surface area (TPSA) is 3.24 Å². The summed E-state index contributed by atoms with van der Waals surface area (Å²) in [5.74, 6) is 0. The number of benzene rings is 2. The molecule has 0 saturated carbocycles. The van der Waals surface area contributed by atoms with Crippen molar-refractivity contribution >= 4 is 43.3 Å². The van der Waals surface area contributed by atoms with Crippen LogP contribution in [0.1, 0.15) is 30.2 Å². The molecule has 0 aliphatic carbocycles. The molecule has 0 N–H and O–H groups in total. The molecule has 2 rings (SSSR count). The first-order valence-electron chi connectivity index (χ1n) is 8.36. The molecule has 4 heteroatoms. The van der Waals surface area contributed by atoms with Crippen LogP contribution in [0.5, 0.6) is 0 Å². The fourth-order valence-electron chi connectivity index (χ4n) is 2.40. The van der Waals surface area contributed by atoms with Crippen molar-refractivity contribution in [3.05, 3.63) is 71.8 Å². The second kappa shape index (κ2) is 10.9. The summed E-state index contributed by atoms with van der Waals surface area (Å²) in [4.78, 5) is 2.28. The van der Waals surface area contributed by atoms with Gasteiger partial charge in [0, 0.05) is 0 Å². The van der Waals surface area contributed by atoms with E-state index in [1.807, 2.05) is 11.8 Å². The maximum absolute atomic E-state index is 5.69. The van der Waals surface area contributed by atoms with E-state index in [2.05, 4.69) is 79.4 Å². The van der Waals surface area contributed by atoms with E-state index in [1.165, 1.54) is 21.8 Å². The maximum atomic E-state index is 5.69. The standard InChI is InChI=1S/C20H25NS2Se/c1-3-21(4-2)20(22)23-19(18-13-9-6-10-14-18)16-24-15-17-11-7-5-8-12-17/h5-14,19H,3-4,15-16H2,1-2H3.